The Labute approximate surface area is 294 Å². The second kappa shape index (κ2) is 14.5. The van der Waals surface area contributed by atoms with Gasteiger partial charge in [0.2, 0.25) is 0 Å². The average molecular weight is 703 g/mol. The highest BCUT2D eigenvalue weighted by Gasteiger charge is 2.50. The fourth-order valence-electron chi connectivity index (χ4n) is 6.69. The van der Waals surface area contributed by atoms with E-state index in [9.17, 15) is 14.4 Å². The van der Waals surface area contributed by atoms with Crippen LogP contribution in [-0.4, -0.2) is 78.0 Å². The van der Waals surface area contributed by atoms with Crippen molar-refractivity contribution in [3.8, 4) is 0 Å². The van der Waals surface area contributed by atoms with Crippen LogP contribution in [0.2, 0.25) is 10.2 Å². The van der Waals surface area contributed by atoms with Crippen molar-refractivity contribution in [1.82, 2.24) is 19.8 Å². The number of rotatable bonds is 8. The second-order valence-electron chi connectivity index (χ2n) is 14.6. The highest BCUT2D eigenvalue weighted by molar-refractivity contribution is 6.99. The van der Waals surface area contributed by atoms with E-state index < -0.39 is 26.1 Å². The zero-order valence-electron chi connectivity index (χ0n) is 29.5. The van der Waals surface area contributed by atoms with Crippen molar-refractivity contribution in [2.24, 2.45) is 0 Å². The van der Waals surface area contributed by atoms with Crippen LogP contribution in [0.1, 0.15) is 70.8 Å². The van der Waals surface area contributed by atoms with Gasteiger partial charge in [0.25, 0.3) is 19.8 Å². The zero-order chi connectivity index (χ0) is 35.6. The molecule has 0 radical (unpaired) electrons. The van der Waals surface area contributed by atoms with Gasteiger partial charge < -0.3 is 23.9 Å². The maximum absolute atomic E-state index is 14.3. The standard InChI is InChI=1S/C38H47ClN4O5Si/c1-8-26-23-31-32(41-34(26)44)24-30(33(39)40-31)35(45)43-21-20-42(36(46)48-37(2,3)4)25-27(43)19-22-47-49(38(5,6)7,28-15-11-9-12-16-28)29-17-13-10-14-18-29/h9-18,23-24,27H,8,19-22,25H2,1-7H3,(H,41,44)/t27-/m1/s1. The molecule has 11 heteroatoms. The van der Waals surface area contributed by atoms with E-state index in [0.29, 0.717) is 42.6 Å². The van der Waals surface area contributed by atoms with Crippen LogP contribution in [0.15, 0.2) is 77.6 Å². The minimum atomic E-state index is -2.84. The summed E-state index contributed by atoms with van der Waals surface area (Å²) >= 11 is 6.65. The van der Waals surface area contributed by atoms with Crippen LogP contribution in [0.4, 0.5) is 4.79 Å². The van der Waals surface area contributed by atoms with Crippen LogP contribution < -0.4 is 15.9 Å². The lowest BCUT2D eigenvalue weighted by molar-refractivity contribution is 0.00203. The average Bonchev–Trinajstić information content (AvgIpc) is 3.05. The second-order valence-corrected chi connectivity index (χ2v) is 19.3. The lowest BCUT2D eigenvalue weighted by Gasteiger charge is -2.45. The number of carbonyl (C=O) groups excluding carboxylic acids is 2. The first kappa shape index (κ1) is 36.3. The third-order valence-electron chi connectivity index (χ3n) is 9.05. The first-order valence-corrected chi connectivity index (χ1v) is 19.2. The molecule has 0 bridgehead atoms. The summed E-state index contributed by atoms with van der Waals surface area (Å²) in [6.45, 7) is 15.2. The number of hydrogen-bond acceptors (Lipinski definition) is 6. The molecule has 1 saturated heterocycles. The Balaban J connectivity index is 1.49. The van der Waals surface area contributed by atoms with E-state index in [4.69, 9.17) is 20.8 Å². The van der Waals surface area contributed by atoms with E-state index in [1.807, 2.05) is 64.1 Å². The number of carbonyl (C=O) groups is 2. The first-order chi connectivity index (χ1) is 23.1. The number of nitrogens with zero attached hydrogens (tertiary/aromatic N) is 3. The van der Waals surface area contributed by atoms with E-state index in [1.54, 1.807) is 21.9 Å². The molecule has 5 rings (SSSR count). The predicted octanol–water partition coefficient (Wildman–Crippen LogP) is 6.17. The molecule has 0 spiro atoms. The minimum Gasteiger partial charge on any atom is -0.444 e. The van der Waals surface area contributed by atoms with Crippen molar-refractivity contribution in [2.75, 3.05) is 26.2 Å². The number of aromatic amines is 1. The fraction of sp³-hybridized carbons (Fsp3) is 0.421. The number of piperazine rings is 1. The summed E-state index contributed by atoms with van der Waals surface area (Å²) in [5, 5.41) is 2.16. The predicted molar refractivity (Wildman–Crippen MR) is 198 cm³/mol. The summed E-state index contributed by atoms with van der Waals surface area (Å²) < 4.78 is 12.9. The summed E-state index contributed by atoms with van der Waals surface area (Å²) in [7, 11) is -2.84. The number of halogens is 1. The van der Waals surface area contributed by atoms with Gasteiger partial charge >= 0.3 is 6.09 Å². The summed E-state index contributed by atoms with van der Waals surface area (Å²) in [6, 6.07) is 23.7. The van der Waals surface area contributed by atoms with Crippen molar-refractivity contribution >= 4 is 53.3 Å². The van der Waals surface area contributed by atoms with Crippen molar-refractivity contribution in [2.45, 2.75) is 78.0 Å². The van der Waals surface area contributed by atoms with Gasteiger partial charge in [0.15, 0.2) is 0 Å². The number of benzene rings is 2. The third-order valence-corrected chi connectivity index (χ3v) is 14.4. The van der Waals surface area contributed by atoms with Gasteiger partial charge in [0, 0.05) is 31.8 Å². The molecule has 0 aliphatic carbocycles. The Kier molecular flexibility index (Phi) is 10.7. The molecular formula is C38H47ClN4O5Si. The molecule has 1 N–H and O–H groups in total. The monoisotopic (exact) mass is 702 g/mol. The van der Waals surface area contributed by atoms with Gasteiger partial charge in [-0.3, -0.25) is 9.59 Å². The number of aryl methyl sites for hydroxylation is 1. The first-order valence-electron chi connectivity index (χ1n) is 16.9. The Morgan fingerprint density at radius 2 is 1.57 bits per heavy atom. The molecule has 1 fully saturated rings. The van der Waals surface area contributed by atoms with Gasteiger partial charge in [-0.25, -0.2) is 9.78 Å². The fourth-order valence-corrected chi connectivity index (χ4v) is 11.5. The van der Waals surface area contributed by atoms with Crippen LogP contribution >= 0.6 is 11.6 Å². The zero-order valence-corrected chi connectivity index (χ0v) is 31.3. The molecule has 2 amide bonds. The lowest BCUT2D eigenvalue weighted by atomic mass is 10.1. The normalized spacial score (nSPS) is 15.8. The number of aromatic nitrogens is 2. The Morgan fingerprint density at radius 3 is 2.12 bits per heavy atom. The molecule has 3 heterocycles. The summed E-state index contributed by atoms with van der Waals surface area (Å²) in [6.07, 6.45) is 0.586. The highest BCUT2D eigenvalue weighted by atomic mass is 35.5. The van der Waals surface area contributed by atoms with E-state index in [1.165, 1.54) is 0 Å². The molecular weight excluding hydrogens is 656 g/mol. The van der Waals surface area contributed by atoms with Gasteiger partial charge in [-0.15, -0.1) is 0 Å². The van der Waals surface area contributed by atoms with Gasteiger partial charge in [-0.05, 0) is 61.2 Å². The molecule has 2 aromatic carbocycles. The molecule has 49 heavy (non-hydrogen) atoms. The molecule has 9 nitrogen and oxygen atoms in total. The maximum atomic E-state index is 14.3. The molecule has 1 atom stereocenters. The van der Waals surface area contributed by atoms with E-state index in [-0.39, 0.29) is 40.3 Å². The number of hydrogen-bond donors (Lipinski definition) is 1. The summed E-state index contributed by atoms with van der Waals surface area (Å²) in [4.78, 5) is 50.9. The molecule has 4 aromatic rings. The Bertz CT molecular complexity index is 1810. The largest absolute Gasteiger partial charge is 0.444 e. The van der Waals surface area contributed by atoms with Gasteiger partial charge in [-0.2, -0.15) is 0 Å². The molecule has 2 aromatic heterocycles. The maximum Gasteiger partial charge on any atom is 0.410 e. The summed E-state index contributed by atoms with van der Waals surface area (Å²) in [5.74, 6) is -0.320. The van der Waals surface area contributed by atoms with Gasteiger partial charge in [-0.1, -0.05) is 100.0 Å². The molecule has 1 aliphatic heterocycles. The highest BCUT2D eigenvalue weighted by Crippen LogP contribution is 2.37. The van der Waals surface area contributed by atoms with E-state index in [0.717, 1.165) is 10.4 Å². The van der Waals surface area contributed by atoms with Crippen LogP contribution in [0.5, 0.6) is 0 Å². The van der Waals surface area contributed by atoms with Crippen LogP contribution in [0.3, 0.4) is 0 Å². The smallest absolute Gasteiger partial charge is 0.410 e. The van der Waals surface area contributed by atoms with Crippen LogP contribution in [0, 0.1) is 0 Å². The van der Waals surface area contributed by atoms with E-state index in [2.05, 4.69) is 55.0 Å². The molecule has 1 aliphatic rings. The Morgan fingerprint density at radius 1 is 0.959 bits per heavy atom. The molecule has 0 saturated carbocycles. The molecule has 0 unspecified atom stereocenters. The van der Waals surface area contributed by atoms with Gasteiger partial charge in [0.1, 0.15) is 10.8 Å². The number of H-pyrrole nitrogens is 1. The third kappa shape index (κ3) is 7.76. The molecule has 260 valence electrons. The number of ether oxygens (including phenoxy) is 1. The summed E-state index contributed by atoms with van der Waals surface area (Å²) in [5.41, 5.74) is 0.857. The van der Waals surface area contributed by atoms with Crippen molar-refractivity contribution < 1.29 is 18.8 Å². The number of fused-ring (bicyclic) bond motifs is 1. The topological polar surface area (TPSA) is 105 Å². The van der Waals surface area contributed by atoms with Crippen LogP contribution in [0.25, 0.3) is 11.0 Å². The quantitative estimate of drug-likeness (QED) is 0.174. The number of pyridine rings is 2. The lowest BCUT2D eigenvalue weighted by Crippen LogP contribution is -2.67. The minimum absolute atomic E-state index is 0.0588. The van der Waals surface area contributed by atoms with Gasteiger partial charge in [0.05, 0.1) is 22.6 Å². The van der Waals surface area contributed by atoms with E-state index >= 15 is 0 Å². The van der Waals surface area contributed by atoms with Crippen LogP contribution in [-0.2, 0) is 15.6 Å². The van der Waals surface area contributed by atoms with Crippen molar-refractivity contribution in [3.05, 3.63) is 99.4 Å². The number of nitrogens with one attached hydrogen (secondary N) is 1. The number of amides is 2. The SMILES string of the molecule is CCc1cc2nc(Cl)c(C(=O)N3CCN(C(=O)OC(C)(C)C)C[C@H]3CCO[Si](c3ccccc3)(c3ccccc3)C(C)(C)C)cc2[nH]c1=O. The van der Waals surface area contributed by atoms with Crippen molar-refractivity contribution in [1.29, 1.82) is 0 Å². The Hall–Kier alpha value is -3.99. The van der Waals surface area contributed by atoms with Crippen molar-refractivity contribution in [3.63, 3.8) is 0 Å².